The number of carbonyl (C=O) groups is 3. The van der Waals surface area contributed by atoms with Crippen molar-refractivity contribution in [2.75, 3.05) is 5.32 Å². The van der Waals surface area contributed by atoms with Gasteiger partial charge in [0.25, 0.3) is 5.91 Å². The Morgan fingerprint density at radius 1 is 0.970 bits per heavy atom. The van der Waals surface area contributed by atoms with E-state index in [-0.39, 0.29) is 17.8 Å². The molecule has 0 aliphatic carbocycles. The average Bonchev–Trinajstić information content (AvgIpc) is 3.22. The van der Waals surface area contributed by atoms with Crippen LogP contribution in [0.25, 0.3) is 10.9 Å². The summed E-state index contributed by atoms with van der Waals surface area (Å²) in [6.45, 7) is 1.46. The van der Waals surface area contributed by atoms with Gasteiger partial charge in [0.05, 0.1) is 10.6 Å². The van der Waals surface area contributed by atoms with E-state index in [1.165, 1.54) is 6.92 Å². The third-order valence-corrected chi connectivity index (χ3v) is 5.71. The first kappa shape index (κ1) is 22.3. The number of Topliss-reactive ketones (excluding diaryl/α,β-unsaturated/α-hetero) is 1. The highest BCUT2D eigenvalue weighted by Gasteiger charge is 2.24. The summed E-state index contributed by atoms with van der Waals surface area (Å²) in [4.78, 5) is 41.1. The zero-order chi connectivity index (χ0) is 23.4. The second-order valence-corrected chi connectivity index (χ2v) is 8.10. The molecule has 1 atom stereocenters. The molecule has 0 aliphatic heterocycles. The lowest BCUT2D eigenvalue weighted by Crippen LogP contribution is -2.45. The Morgan fingerprint density at radius 2 is 1.73 bits per heavy atom. The van der Waals surface area contributed by atoms with Gasteiger partial charge in [-0.1, -0.05) is 54.1 Å². The molecule has 1 heterocycles. The second-order valence-electron chi connectivity index (χ2n) is 7.70. The van der Waals surface area contributed by atoms with E-state index in [4.69, 9.17) is 11.6 Å². The largest absolute Gasteiger partial charge is 0.361 e. The number of hydrogen-bond acceptors (Lipinski definition) is 3. The molecule has 0 radical (unpaired) electrons. The van der Waals surface area contributed by atoms with Gasteiger partial charge in [-0.15, -0.1) is 0 Å². The molecule has 1 aromatic heterocycles. The van der Waals surface area contributed by atoms with Crippen molar-refractivity contribution in [1.29, 1.82) is 0 Å². The highest BCUT2D eigenvalue weighted by atomic mass is 35.5. The van der Waals surface area contributed by atoms with E-state index in [2.05, 4.69) is 15.6 Å². The molecule has 33 heavy (non-hydrogen) atoms. The predicted octanol–water partition coefficient (Wildman–Crippen LogP) is 5.00. The van der Waals surface area contributed by atoms with Crippen LogP contribution in [0.5, 0.6) is 0 Å². The van der Waals surface area contributed by atoms with E-state index in [0.29, 0.717) is 16.3 Å². The Morgan fingerprint density at radius 3 is 2.52 bits per heavy atom. The molecule has 0 aliphatic rings. The van der Waals surface area contributed by atoms with Crippen molar-refractivity contribution in [1.82, 2.24) is 10.3 Å². The number of carbonyl (C=O) groups excluding carboxylic acids is 3. The molecule has 7 heteroatoms. The van der Waals surface area contributed by atoms with Crippen molar-refractivity contribution < 1.29 is 14.4 Å². The molecular weight excluding hydrogens is 438 g/mol. The van der Waals surface area contributed by atoms with Gasteiger partial charge in [0.1, 0.15) is 6.04 Å². The zero-order valence-corrected chi connectivity index (χ0v) is 18.6. The third-order valence-electron chi connectivity index (χ3n) is 5.38. The summed E-state index contributed by atoms with van der Waals surface area (Å²) in [5, 5.41) is 6.91. The molecule has 3 aromatic carbocycles. The van der Waals surface area contributed by atoms with Crippen LogP contribution in [0.1, 0.15) is 33.2 Å². The molecule has 2 amide bonds. The first-order chi connectivity index (χ1) is 15.9. The summed E-state index contributed by atoms with van der Waals surface area (Å²) < 4.78 is 0. The molecule has 4 aromatic rings. The van der Waals surface area contributed by atoms with Gasteiger partial charge in [-0.3, -0.25) is 14.4 Å². The minimum atomic E-state index is -0.881. The lowest BCUT2D eigenvalue weighted by atomic mass is 10.0. The van der Waals surface area contributed by atoms with Crippen LogP contribution < -0.4 is 10.6 Å². The quantitative estimate of drug-likeness (QED) is 0.339. The Hall–Kier alpha value is -3.90. The maximum Gasteiger partial charge on any atom is 0.253 e. The number of amides is 2. The van der Waals surface area contributed by atoms with Gasteiger partial charge in [-0.25, -0.2) is 0 Å². The number of benzene rings is 3. The maximum absolute atomic E-state index is 13.3. The van der Waals surface area contributed by atoms with Crippen LogP contribution in [-0.2, 0) is 11.2 Å². The van der Waals surface area contributed by atoms with E-state index in [1.807, 2.05) is 30.5 Å². The topological polar surface area (TPSA) is 91.1 Å². The molecule has 4 rings (SSSR count). The Balaban J connectivity index is 1.62. The van der Waals surface area contributed by atoms with Gasteiger partial charge in [-0.2, -0.15) is 0 Å². The van der Waals surface area contributed by atoms with E-state index < -0.39 is 17.9 Å². The Kier molecular flexibility index (Phi) is 6.56. The minimum Gasteiger partial charge on any atom is -0.361 e. The smallest absolute Gasteiger partial charge is 0.253 e. The van der Waals surface area contributed by atoms with Crippen molar-refractivity contribution in [2.45, 2.75) is 19.4 Å². The molecule has 3 N–H and O–H groups in total. The number of para-hydroxylation sites is 1. The fraction of sp³-hybridized carbons (Fsp3) is 0.115. The minimum absolute atomic E-state index is 0.103. The molecule has 0 spiro atoms. The van der Waals surface area contributed by atoms with Crippen LogP contribution >= 0.6 is 11.6 Å². The maximum atomic E-state index is 13.3. The normalized spacial score (nSPS) is 11.7. The number of anilines is 1. The van der Waals surface area contributed by atoms with Crippen LogP contribution in [0.15, 0.2) is 79.0 Å². The van der Waals surface area contributed by atoms with E-state index >= 15 is 0 Å². The summed E-state index contributed by atoms with van der Waals surface area (Å²) in [6.07, 6.45) is 2.10. The fourth-order valence-electron chi connectivity index (χ4n) is 3.66. The fourth-order valence-corrected chi connectivity index (χ4v) is 3.88. The van der Waals surface area contributed by atoms with E-state index in [9.17, 15) is 14.4 Å². The lowest BCUT2D eigenvalue weighted by Gasteiger charge is -2.19. The summed E-state index contributed by atoms with van der Waals surface area (Å²) in [6, 6.07) is 20.2. The number of aromatic nitrogens is 1. The number of nitrogens with one attached hydrogen (secondary N) is 3. The van der Waals surface area contributed by atoms with Crippen molar-refractivity contribution in [3.8, 4) is 0 Å². The molecule has 0 saturated heterocycles. The SMILES string of the molecule is CC(=O)c1cccc(NC(=O)[C@@H](Cc2c[nH]c3ccccc23)NC(=O)c2ccccc2Cl)c1. The number of hydrogen-bond donors (Lipinski definition) is 3. The molecule has 6 nitrogen and oxygen atoms in total. The zero-order valence-electron chi connectivity index (χ0n) is 17.9. The number of rotatable bonds is 7. The summed E-state index contributed by atoms with van der Waals surface area (Å²) in [5.74, 6) is -0.951. The summed E-state index contributed by atoms with van der Waals surface area (Å²) >= 11 is 6.18. The van der Waals surface area contributed by atoms with Crippen molar-refractivity contribution in [2.24, 2.45) is 0 Å². The van der Waals surface area contributed by atoms with Crippen molar-refractivity contribution in [3.63, 3.8) is 0 Å². The average molecular weight is 460 g/mol. The van der Waals surface area contributed by atoms with Crippen molar-refractivity contribution in [3.05, 3.63) is 101 Å². The van der Waals surface area contributed by atoms with Crippen LogP contribution in [-0.4, -0.2) is 28.6 Å². The first-order valence-corrected chi connectivity index (χ1v) is 10.8. The van der Waals surface area contributed by atoms with Crippen LogP contribution in [0.4, 0.5) is 5.69 Å². The predicted molar refractivity (Wildman–Crippen MR) is 130 cm³/mol. The van der Waals surface area contributed by atoms with Crippen molar-refractivity contribution >= 4 is 45.8 Å². The number of halogens is 1. The molecule has 0 bridgehead atoms. The lowest BCUT2D eigenvalue weighted by molar-refractivity contribution is -0.118. The molecular formula is C26H22ClN3O3. The highest BCUT2D eigenvalue weighted by molar-refractivity contribution is 6.33. The number of fused-ring (bicyclic) bond motifs is 1. The Labute approximate surface area is 196 Å². The van der Waals surface area contributed by atoms with Gasteiger partial charge in [0.2, 0.25) is 5.91 Å². The van der Waals surface area contributed by atoms with Crippen LogP contribution in [0.2, 0.25) is 5.02 Å². The van der Waals surface area contributed by atoms with Gasteiger partial charge < -0.3 is 15.6 Å². The first-order valence-electron chi connectivity index (χ1n) is 10.4. The molecule has 0 unspecified atom stereocenters. The van der Waals surface area contributed by atoms with Crippen LogP contribution in [0, 0.1) is 0 Å². The highest BCUT2D eigenvalue weighted by Crippen LogP contribution is 2.21. The third kappa shape index (κ3) is 5.13. The summed E-state index contributed by atoms with van der Waals surface area (Å²) in [5.41, 5.74) is 3.08. The van der Waals surface area contributed by atoms with Gasteiger partial charge in [0, 0.05) is 34.8 Å². The Bertz CT molecular complexity index is 1350. The number of aromatic amines is 1. The van der Waals surface area contributed by atoms with Gasteiger partial charge >= 0.3 is 0 Å². The molecule has 166 valence electrons. The molecule has 0 fully saturated rings. The summed E-state index contributed by atoms with van der Waals surface area (Å²) in [7, 11) is 0. The van der Waals surface area contributed by atoms with Gasteiger partial charge in [-0.05, 0) is 42.8 Å². The standard InChI is InChI=1S/C26H22ClN3O3/c1-16(31)17-7-6-8-19(13-17)29-26(33)24(30-25(32)21-10-2-4-11-22(21)27)14-18-15-28-23-12-5-3-9-20(18)23/h2-13,15,24,28H,14H2,1H3,(H,29,33)(H,30,32)/t24-/m1/s1. The van der Waals surface area contributed by atoms with E-state index in [1.54, 1.807) is 48.5 Å². The molecule has 0 saturated carbocycles. The second kappa shape index (κ2) is 9.71. The van der Waals surface area contributed by atoms with E-state index in [0.717, 1.165) is 16.5 Å². The van der Waals surface area contributed by atoms with Gasteiger partial charge in [0.15, 0.2) is 5.78 Å². The monoisotopic (exact) mass is 459 g/mol. The van der Waals surface area contributed by atoms with Crippen LogP contribution in [0.3, 0.4) is 0 Å². The number of ketones is 1. The number of H-pyrrole nitrogens is 1.